The van der Waals surface area contributed by atoms with Crippen molar-refractivity contribution >= 4 is 23.2 Å². The van der Waals surface area contributed by atoms with E-state index in [2.05, 4.69) is 10.3 Å². The molecule has 0 aliphatic carbocycles. The van der Waals surface area contributed by atoms with E-state index < -0.39 is 17.4 Å². The highest BCUT2D eigenvalue weighted by Crippen LogP contribution is 2.24. The molecule has 0 spiro atoms. The van der Waals surface area contributed by atoms with Gasteiger partial charge in [-0.05, 0) is 19.1 Å². The fourth-order valence-electron chi connectivity index (χ4n) is 2.49. The van der Waals surface area contributed by atoms with Gasteiger partial charge in [-0.15, -0.1) is 11.3 Å². The van der Waals surface area contributed by atoms with Gasteiger partial charge < -0.3 is 15.2 Å². The molecule has 1 aliphatic heterocycles. The average molecular weight is 332 g/mol. The third-order valence-electron chi connectivity index (χ3n) is 3.82. The van der Waals surface area contributed by atoms with Gasteiger partial charge in [-0.25, -0.2) is 9.78 Å². The summed E-state index contributed by atoms with van der Waals surface area (Å²) in [7, 11) is 0. The molecule has 1 atom stereocenters. The summed E-state index contributed by atoms with van der Waals surface area (Å²) in [5, 5.41) is 14.9. The second-order valence-electron chi connectivity index (χ2n) is 5.48. The quantitative estimate of drug-likeness (QED) is 0.895. The number of carboxylic acids is 1. The normalized spacial score (nSPS) is 20.4. The fourth-order valence-corrected chi connectivity index (χ4v) is 3.11. The molecule has 1 amide bonds. The lowest BCUT2D eigenvalue weighted by molar-refractivity contribution is -0.144. The number of benzene rings is 1. The zero-order valence-electron chi connectivity index (χ0n) is 12.5. The number of rotatable bonds is 4. The van der Waals surface area contributed by atoms with Crippen LogP contribution >= 0.6 is 11.3 Å². The smallest absolute Gasteiger partial charge is 0.331 e. The molecule has 3 rings (SSSR count). The van der Waals surface area contributed by atoms with Gasteiger partial charge in [0.2, 0.25) is 0 Å². The molecular weight excluding hydrogens is 316 g/mol. The number of hydrogen-bond donors (Lipinski definition) is 2. The Morgan fingerprint density at radius 1 is 1.43 bits per heavy atom. The maximum atomic E-state index is 12.5. The van der Waals surface area contributed by atoms with Crippen LogP contribution in [0.5, 0.6) is 0 Å². The number of aromatic nitrogens is 1. The highest BCUT2D eigenvalue weighted by Gasteiger charge is 2.44. The summed E-state index contributed by atoms with van der Waals surface area (Å²) >= 11 is 1.54. The summed E-state index contributed by atoms with van der Waals surface area (Å²) in [5.41, 5.74) is 0.693. The van der Waals surface area contributed by atoms with Crippen LogP contribution in [0.1, 0.15) is 21.8 Å². The summed E-state index contributed by atoms with van der Waals surface area (Å²) in [5.74, 6) is -1.50. The third kappa shape index (κ3) is 3.11. The van der Waals surface area contributed by atoms with E-state index in [1.807, 2.05) is 18.4 Å². The lowest BCUT2D eigenvalue weighted by Crippen LogP contribution is -2.55. The SMILES string of the molecule is Cc1nc(-c2cccc(C(=O)NC3(C(=O)O)CCOC3)c2)cs1. The Morgan fingerprint density at radius 2 is 2.26 bits per heavy atom. The first kappa shape index (κ1) is 15.6. The lowest BCUT2D eigenvalue weighted by Gasteiger charge is -2.23. The minimum atomic E-state index is -1.34. The molecule has 6 nitrogen and oxygen atoms in total. The molecule has 2 aromatic rings. The van der Waals surface area contributed by atoms with Crippen LogP contribution in [-0.4, -0.2) is 40.7 Å². The molecule has 1 unspecified atom stereocenters. The van der Waals surface area contributed by atoms with E-state index in [1.54, 1.807) is 18.2 Å². The van der Waals surface area contributed by atoms with Crippen LogP contribution in [0.2, 0.25) is 0 Å². The van der Waals surface area contributed by atoms with E-state index in [-0.39, 0.29) is 13.0 Å². The van der Waals surface area contributed by atoms with Crippen molar-refractivity contribution < 1.29 is 19.4 Å². The molecule has 1 aliphatic rings. The number of thiazole rings is 1. The van der Waals surface area contributed by atoms with Gasteiger partial charge in [-0.3, -0.25) is 4.79 Å². The van der Waals surface area contributed by atoms with Crippen molar-refractivity contribution in [1.29, 1.82) is 0 Å². The fraction of sp³-hybridized carbons (Fsp3) is 0.312. The van der Waals surface area contributed by atoms with Gasteiger partial charge in [-0.1, -0.05) is 12.1 Å². The molecule has 0 radical (unpaired) electrons. The summed E-state index contributed by atoms with van der Waals surface area (Å²) in [6.07, 6.45) is 0.263. The molecule has 120 valence electrons. The van der Waals surface area contributed by atoms with Crippen LogP contribution < -0.4 is 5.32 Å². The van der Waals surface area contributed by atoms with E-state index in [1.165, 1.54) is 11.3 Å². The number of nitrogens with one attached hydrogen (secondary N) is 1. The van der Waals surface area contributed by atoms with Gasteiger partial charge in [0.25, 0.3) is 5.91 Å². The third-order valence-corrected chi connectivity index (χ3v) is 4.60. The molecule has 1 aromatic carbocycles. The molecule has 2 N–H and O–H groups in total. The van der Waals surface area contributed by atoms with E-state index in [0.717, 1.165) is 16.3 Å². The van der Waals surface area contributed by atoms with Crippen molar-refractivity contribution in [1.82, 2.24) is 10.3 Å². The number of amides is 1. The molecular formula is C16H16N2O4S. The minimum Gasteiger partial charge on any atom is -0.479 e. The number of aliphatic carboxylic acids is 1. The second-order valence-corrected chi connectivity index (χ2v) is 6.54. The van der Waals surface area contributed by atoms with Crippen molar-refractivity contribution in [2.75, 3.05) is 13.2 Å². The summed E-state index contributed by atoms with van der Waals surface area (Å²) in [6.45, 7) is 2.23. The number of carbonyl (C=O) groups is 2. The Hall–Kier alpha value is -2.25. The zero-order chi connectivity index (χ0) is 16.4. The average Bonchev–Trinajstić information content (AvgIpc) is 3.17. The summed E-state index contributed by atoms with van der Waals surface area (Å²) in [6, 6.07) is 7.01. The largest absolute Gasteiger partial charge is 0.479 e. The maximum Gasteiger partial charge on any atom is 0.331 e. The van der Waals surface area contributed by atoms with Crippen LogP contribution in [-0.2, 0) is 9.53 Å². The molecule has 23 heavy (non-hydrogen) atoms. The standard InChI is InChI=1S/C16H16N2O4S/c1-10-17-13(8-23-10)11-3-2-4-12(7-11)14(19)18-16(15(20)21)5-6-22-9-16/h2-4,7-8H,5-6,9H2,1H3,(H,18,19)(H,20,21). The van der Waals surface area contributed by atoms with Gasteiger partial charge in [0, 0.05) is 29.5 Å². The van der Waals surface area contributed by atoms with Crippen LogP contribution in [0.3, 0.4) is 0 Å². The number of aryl methyl sites for hydroxylation is 1. The van der Waals surface area contributed by atoms with Crippen LogP contribution in [0.4, 0.5) is 0 Å². The first-order valence-corrected chi connectivity index (χ1v) is 8.04. The molecule has 1 aromatic heterocycles. The number of carbonyl (C=O) groups excluding carboxylic acids is 1. The monoisotopic (exact) mass is 332 g/mol. The summed E-state index contributed by atoms with van der Waals surface area (Å²) < 4.78 is 5.15. The van der Waals surface area contributed by atoms with E-state index >= 15 is 0 Å². The van der Waals surface area contributed by atoms with Crippen molar-refractivity contribution in [3.05, 3.63) is 40.2 Å². The first-order chi connectivity index (χ1) is 11.0. The van der Waals surface area contributed by atoms with Crippen molar-refractivity contribution in [2.24, 2.45) is 0 Å². The van der Waals surface area contributed by atoms with Crippen molar-refractivity contribution in [3.63, 3.8) is 0 Å². The molecule has 2 heterocycles. The number of carboxylic acid groups (broad SMARTS) is 1. The molecule has 1 saturated heterocycles. The van der Waals surface area contributed by atoms with E-state index in [9.17, 15) is 14.7 Å². The van der Waals surface area contributed by atoms with Gasteiger partial charge in [0.15, 0.2) is 5.54 Å². The Bertz CT molecular complexity index is 750. The molecule has 0 bridgehead atoms. The number of hydrogen-bond acceptors (Lipinski definition) is 5. The number of ether oxygens (including phenoxy) is 1. The molecule has 7 heteroatoms. The van der Waals surface area contributed by atoms with Crippen LogP contribution in [0.15, 0.2) is 29.6 Å². The Balaban J connectivity index is 1.84. The van der Waals surface area contributed by atoms with Gasteiger partial charge in [0.05, 0.1) is 17.3 Å². The highest BCUT2D eigenvalue weighted by atomic mass is 32.1. The molecule has 1 fully saturated rings. The number of nitrogens with zero attached hydrogens (tertiary/aromatic N) is 1. The topological polar surface area (TPSA) is 88.5 Å². The van der Waals surface area contributed by atoms with Crippen molar-refractivity contribution in [2.45, 2.75) is 18.9 Å². The van der Waals surface area contributed by atoms with Gasteiger partial charge in [-0.2, -0.15) is 0 Å². The van der Waals surface area contributed by atoms with Crippen molar-refractivity contribution in [3.8, 4) is 11.3 Å². The Labute approximate surface area is 137 Å². The molecule has 0 saturated carbocycles. The predicted octanol–water partition coefficient (Wildman–Crippen LogP) is 2.09. The maximum absolute atomic E-state index is 12.5. The first-order valence-electron chi connectivity index (χ1n) is 7.16. The van der Waals surface area contributed by atoms with Gasteiger partial charge in [0.1, 0.15) is 0 Å². The minimum absolute atomic E-state index is 0.0148. The van der Waals surface area contributed by atoms with E-state index in [4.69, 9.17) is 4.74 Å². The predicted molar refractivity (Wildman–Crippen MR) is 85.6 cm³/mol. The Morgan fingerprint density at radius 3 is 2.87 bits per heavy atom. The van der Waals surface area contributed by atoms with E-state index in [0.29, 0.717) is 12.2 Å². The lowest BCUT2D eigenvalue weighted by atomic mass is 9.98. The summed E-state index contributed by atoms with van der Waals surface area (Å²) in [4.78, 5) is 28.3. The van der Waals surface area contributed by atoms with Crippen LogP contribution in [0, 0.1) is 6.92 Å². The Kier molecular flexibility index (Phi) is 4.14. The highest BCUT2D eigenvalue weighted by molar-refractivity contribution is 7.09. The zero-order valence-corrected chi connectivity index (χ0v) is 13.4. The van der Waals surface area contributed by atoms with Crippen LogP contribution in [0.25, 0.3) is 11.3 Å². The second kappa shape index (κ2) is 6.10. The van der Waals surface area contributed by atoms with Gasteiger partial charge >= 0.3 is 5.97 Å².